The van der Waals surface area contributed by atoms with E-state index < -0.39 is 10.0 Å². The lowest BCUT2D eigenvalue weighted by Gasteiger charge is -2.13. The quantitative estimate of drug-likeness (QED) is 0.705. The summed E-state index contributed by atoms with van der Waals surface area (Å²) in [6.45, 7) is 4.32. The molecule has 0 unspecified atom stereocenters. The molecular weight excluding hydrogens is 270 g/mol. The van der Waals surface area contributed by atoms with Crippen LogP contribution < -0.4 is 5.14 Å². The van der Waals surface area contributed by atoms with Gasteiger partial charge in [-0.05, 0) is 42.9 Å². The molecule has 2 N–H and O–H groups in total. The Morgan fingerprint density at radius 3 is 2.10 bits per heavy atom. The highest BCUT2D eigenvalue weighted by molar-refractivity contribution is 7.89. The summed E-state index contributed by atoms with van der Waals surface area (Å²) in [5.74, 6) is 0. The van der Waals surface area contributed by atoms with E-state index in [4.69, 9.17) is 5.14 Å². The number of sulfonamides is 1. The number of primary sulfonamides is 1. The molecular formula is C16H27NO2S. The van der Waals surface area contributed by atoms with Crippen LogP contribution in [-0.4, -0.2) is 8.42 Å². The highest BCUT2D eigenvalue weighted by Crippen LogP contribution is 2.23. The Morgan fingerprint density at radius 1 is 0.950 bits per heavy atom. The van der Waals surface area contributed by atoms with Crippen molar-refractivity contribution < 1.29 is 8.42 Å². The van der Waals surface area contributed by atoms with Crippen molar-refractivity contribution in [2.45, 2.75) is 70.1 Å². The van der Waals surface area contributed by atoms with Crippen molar-refractivity contribution in [2.24, 2.45) is 5.14 Å². The van der Waals surface area contributed by atoms with Crippen molar-refractivity contribution in [1.29, 1.82) is 0 Å². The van der Waals surface area contributed by atoms with Gasteiger partial charge in [-0.15, -0.1) is 0 Å². The van der Waals surface area contributed by atoms with Crippen molar-refractivity contribution in [1.82, 2.24) is 0 Å². The first-order valence-corrected chi connectivity index (χ1v) is 9.18. The third-order valence-corrected chi connectivity index (χ3v) is 4.61. The number of rotatable bonds is 9. The molecule has 0 aliphatic heterocycles. The Morgan fingerprint density at radius 2 is 1.55 bits per heavy atom. The molecule has 0 radical (unpaired) electrons. The van der Waals surface area contributed by atoms with Gasteiger partial charge in [0.05, 0.1) is 4.90 Å². The molecule has 0 spiro atoms. The Bertz CT molecular complexity index is 509. The number of nitrogens with two attached hydrogens (primary N) is 1. The van der Waals surface area contributed by atoms with Gasteiger partial charge >= 0.3 is 0 Å². The Balaban J connectivity index is 3.02. The van der Waals surface area contributed by atoms with Crippen LogP contribution in [0.1, 0.15) is 63.5 Å². The summed E-state index contributed by atoms with van der Waals surface area (Å²) in [6, 6.07) is 5.50. The van der Waals surface area contributed by atoms with Gasteiger partial charge in [0, 0.05) is 0 Å². The molecule has 114 valence electrons. The molecule has 0 atom stereocenters. The van der Waals surface area contributed by atoms with Crippen LogP contribution in [0.25, 0.3) is 0 Å². The summed E-state index contributed by atoms with van der Waals surface area (Å²) in [5.41, 5.74) is 2.10. The molecule has 0 heterocycles. The third-order valence-electron chi connectivity index (χ3n) is 3.62. The predicted octanol–water partition coefficient (Wildman–Crippen LogP) is 3.80. The Kier molecular flexibility index (Phi) is 7.24. The fourth-order valence-electron chi connectivity index (χ4n) is 2.51. The Hall–Kier alpha value is -0.870. The summed E-state index contributed by atoms with van der Waals surface area (Å²) < 4.78 is 23.5. The first-order valence-electron chi connectivity index (χ1n) is 7.64. The lowest BCUT2D eigenvalue weighted by molar-refractivity contribution is 0.595. The lowest BCUT2D eigenvalue weighted by atomic mass is 9.97. The predicted molar refractivity (Wildman–Crippen MR) is 84.3 cm³/mol. The molecule has 20 heavy (non-hydrogen) atoms. The molecule has 0 bridgehead atoms. The standard InChI is InChI=1S/C16H27NO2S/c1-3-5-7-10-14-11-9-13-16(20(17,18)19)15(14)12-8-6-4-2/h9,11,13H,3-8,10,12H2,1-2H3,(H2,17,18,19). The minimum Gasteiger partial charge on any atom is -0.225 e. The van der Waals surface area contributed by atoms with E-state index in [1.807, 2.05) is 12.1 Å². The van der Waals surface area contributed by atoms with Gasteiger partial charge in [0.15, 0.2) is 0 Å². The molecule has 0 fully saturated rings. The zero-order chi connectivity index (χ0) is 15.0. The molecule has 1 aromatic carbocycles. The van der Waals surface area contributed by atoms with E-state index in [0.717, 1.165) is 49.7 Å². The van der Waals surface area contributed by atoms with Crippen LogP contribution in [0.5, 0.6) is 0 Å². The zero-order valence-corrected chi connectivity index (χ0v) is 13.5. The average molecular weight is 297 g/mol. The van der Waals surface area contributed by atoms with Crippen molar-refractivity contribution in [3.8, 4) is 0 Å². The second kappa shape index (κ2) is 8.42. The van der Waals surface area contributed by atoms with Crippen LogP contribution in [0.2, 0.25) is 0 Å². The third kappa shape index (κ3) is 5.25. The van der Waals surface area contributed by atoms with Gasteiger partial charge in [0.25, 0.3) is 0 Å². The summed E-state index contributed by atoms with van der Waals surface area (Å²) in [6.07, 6.45) is 8.46. The molecule has 4 heteroatoms. The van der Waals surface area contributed by atoms with E-state index in [9.17, 15) is 8.42 Å². The van der Waals surface area contributed by atoms with Gasteiger partial charge in [-0.2, -0.15) is 0 Å². The molecule has 0 aliphatic rings. The van der Waals surface area contributed by atoms with Crippen molar-refractivity contribution in [2.75, 3.05) is 0 Å². The first-order chi connectivity index (χ1) is 9.50. The summed E-state index contributed by atoms with van der Waals surface area (Å²) in [5, 5.41) is 5.36. The highest BCUT2D eigenvalue weighted by atomic mass is 32.2. The van der Waals surface area contributed by atoms with Crippen LogP contribution in [0.4, 0.5) is 0 Å². The van der Waals surface area contributed by atoms with Crippen LogP contribution in [0.3, 0.4) is 0 Å². The maximum Gasteiger partial charge on any atom is 0.238 e. The molecule has 1 rings (SSSR count). The fourth-order valence-corrected chi connectivity index (χ4v) is 3.36. The number of benzene rings is 1. The summed E-state index contributed by atoms with van der Waals surface area (Å²) >= 11 is 0. The van der Waals surface area contributed by atoms with Crippen LogP contribution in [0.15, 0.2) is 23.1 Å². The lowest BCUT2D eigenvalue weighted by Crippen LogP contribution is -2.16. The second-order valence-corrected chi connectivity index (χ2v) is 6.88. The maximum atomic E-state index is 11.7. The summed E-state index contributed by atoms with van der Waals surface area (Å²) in [4.78, 5) is 0.322. The molecule has 0 saturated carbocycles. The van der Waals surface area contributed by atoms with E-state index in [0.29, 0.717) is 4.90 Å². The highest BCUT2D eigenvalue weighted by Gasteiger charge is 2.16. The number of aryl methyl sites for hydroxylation is 1. The van der Waals surface area contributed by atoms with Crippen molar-refractivity contribution in [3.63, 3.8) is 0 Å². The molecule has 1 aromatic rings. The second-order valence-electron chi connectivity index (χ2n) is 5.35. The van der Waals surface area contributed by atoms with Crippen molar-refractivity contribution in [3.05, 3.63) is 29.3 Å². The van der Waals surface area contributed by atoms with Crippen LogP contribution >= 0.6 is 0 Å². The molecule has 0 saturated heterocycles. The topological polar surface area (TPSA) is 60.2 Å². The largest absolute Gasteiger partial charge is 0.238 e. The van der Waals surface area contributed by atoms with Gasteiger partial charge in [0.1, 0.15) is 0 Å². The molecule has 3 nitrogen and oxygen atoms in total. The first kappa shape index (κ1) is 17.2. The van der Waals surface area contributed by atoms with E-state index in [1.165, 1.54) is 12.8 Å². The van der Waals surface area contributed by atoms with E-state index >= 15 is 0 Å². The minimum absolute atomic E-state index is 0.322. The van der Waals surface area contributed by atoms with Gasteiger partial charge in [-0.25, -0.2) is 13.6 Å². The van der Waals surface area contributed by atoms with Crippen LogP contribution in [0, 0.1) is 0 Å². The SMILES string of the molecule is CCCCCc1cccc(S(N)(=O)=O)c1CCCCC. The molecule has 0 aromatic heterocycles. The van der Waals surface area contributed by atoms with E-state index in [1.54, 1.807) is 6.07 Å². The monoisotopic (exact) mass is 297 g/mol. The summed E-state index contributed by atoms with van der Waals surface area (Å²) in [7, 11) is -3.62. The van der Waals surface area contributed by atoms with E-state index in [-0.39, 0.29) is 0 Å². The maximum absolute atomic E-state index is 11.7. The van der Waals surface area contributed by atoms with Crippen LogP contribution in [-0.2, 0) is 22.9 Å². The number of unbranched alkanes of at least 4 members (excludes halogenated alkanes) is 4. The minimum atomic E-state index is -3.62. The smallest absolute Gasteiger partial charge is 0.225 e. The van der Waals surface area contributed by atoms with Crippen molar-refractivity contribution >= 4 is 10.0 Å². The normalized spacial score (nSPS) is 11.8. The Labute approximate surface area is 123 Å². The zero-order valence-electron chi connectivity index (χ0n) is 12.7. The molecule has 0 amide bonds. The molecule has 0 aliphatic carbocycles. The van der Waals surface area contributed by atoms with Gasteiger partial charge < -0.3 is 0 Å². The van der Waals surface area contributed by atoms with E-state index in [2.05, 4.69) is 13.8 Å². The van der Waals surface area contributed by atoms with Gasteiger partial charge in [-0.1, -0.05) is 51.7 Å². The average Bonchev–Trinajstić information content (AvgIpc) is 2.39. The van der Waals surface area contributed by atoms with Gasteiger partial charge in [-0.3, -0.25) is 0 Å². The number of hydrogen-bond acceptors (Lipinski definition) is 2. The fraction of sp³-hybridized carbons (Fsp3) is 0.625. The van der Waals surface area contributed by atoms with Gasteiger partial charge in [0.2, 0.25) is 10.0 Å². The number of hydrogen-bond donors (Lipinski definition) is 1.